The van der Waals surface area contributed by atoms with Crippen molar-refractivity contribution in [2.24, 2.45) is 0 Å². The second kappa shape index (κ2) is 84.1. The Morgan fingerprint density at radius 3 is 0.784 bits per heavy atom. The van der Waals surface area contributed by atoms with E-state index in [1.54, 1.807) is 0 Å². The molecule has 0 heterocycles. The van der Waals surface area contributed by atoms with Gasteiger partial charge in [-0.2, -0.15) is 0 Å². The Morgan fingerprint density at radius 2 is 0.529 bits per heavy atom. The third-order valence-corrected chi connectivity index (χ3v) is 21.1. The largest absolute Gasteiger partial charge is 0.545 e. The van der Waals surface area contributed by atoms with Crippen LogP contribution in [0.15, 0.2) is 36.5 Å². The highest BCUT2D eigenvalue weighted by atomic mass is 16.7. The first-order valence-electron chi connectivity index (χ1n) is 45.6. The average Bonchev–Trinajstić information content (AvgIpc) is 0.997. The van der Waals surface area contributed by atoms with Crippen LogP contribution in [-0.4, -0.2) is 82.3 Å². The van der Waals surface area contributed by atoms with Gasteiger partial charge < -0.3 is 33.3 Å². The highest BCUT2D eigenvalue weighted by molar-refractivity contribution is 5.70. The summed E-state index contributed by atoms with van der Waals surface area (Å²) >= 11 is 0. The number of carbonyl (C=O) groups is 3. The van der Waals surface area contributed by atoms with E-state index >= 15 is 0 Å². The molecule has 0 aromatic heterocycles. The highest BCUT2D eigenvalue weighted by Crippen LogP contribution is 2.21. The van der Waals surface area contributed by atoms with Crippen LogP contribution >= 0.6 is 0 Å². The molecule has 0 aliphatic rings. The first-order chi connectivity index (χ1) is 50.1. The fourth-order valence-electron chi connectivity index (χ4n) is 14.2. The summed E-state index contributed by atoms with van der Waals surface area (Å²) in [6.45, 7) is 4.83. The number of aliphatic carboxylic acids is 1. The van der Waals surface area contributed by atoms with E-state index in [1.807, 2.05) is 21.1 Å². The number of ether oxygens (including phenoxy) is 4. The standard InChI is InChI=1S/C93H177NO8/c1-6-8-10-12-14-16-18-20-22-24-26-28-30-32-34-36-38-40-42-44-46-48-50-52-54-56-58-60-62-64-66-68-70-72-74-76-78-80-82-84-91(96)102-89(88-101-93(92(97)98)99-86-85-94(3,4)5)87-100-90(95)83-81-79-77-75-73-71-69-67-65-63-61-59-57-55-53-51-49-47-45-43-41-39-37-35-33-31-29-27-25-23-21-19-17-15-13-11-9-7-2/h18,20,24,26,30,32,89,93H,6-17,19,21-23,25,27-29,31,33-88H2,1-5H3/b20-18-,26-24-,32-30-. The van der Waals surface area contributed by atoms with Crippen LogP contribution < -0.4 is 5.11 Å². The minimum atomic E-state index is -1.62. The Bertz CT molecular complexity index is 1770. The number of quaternary nitrogens is 1. The summed E-state index contributed by atoms with van der Waals surface area (Å²) in [5.74, 6) is -2.24. The summed E-state index contributed by atoms with van der Waals surface area (Å²) in [6, 6.07) is 0. The molecular formula is C93H177NO8. The third-order valence-electron chi connectivity index (χ3n) is 21.1. The van der Waals surface area contributed by atoms with Gasteiger partial charge in [0.2, 0.25) is 0 Å². The zero-order chi connectivity index (χ0) is 73.9. The Balaban J connectivity index is 3.88. The van der Waals surface area contributed by atoms with Crippen molar-refractivity contribution in [2.45, 2.75) is 495 Å². The lowest BCUT2D eigenvalue weighted by Gasteiger charge is -2.26. The van der Waals surface area contributed by atoms with Gasteiger partial charge in [-0.15, -0.1) is 0 Å². The molecule has 0 fully saturated rings. The van der Waals surface area contributed by atoms with Gasteiger partial charge >= 0.3 is 11.9 Å². The number of hydrogen-bond donors (Lipinski definition) is 0. The van der Waals surface area contributed by atoms with E-state index in [4.69, 9.17) is 18.9 Å². The second-order valence-corrected chi connectivity index (χ2v) is 32.6. The number of carboxylic acids is 1. The molecule has 0 bridgehead atoms. The predicted molar refractivity (Wildman–Crippen MR) is 440 cm³/mol. The van der Waals surface area contributed by atoms with E-state index in [0.29, 0.717) is 17.4 Å². The molecule has 0 spiro atoms. The molecule has 0 aromatic carbocycles. The van der Waals surface area contributed by atoms with Gasteiger partial charge in [-0.3, -0.25) is 9.59 Å². The minimum Gasteiger partial charge on any atom is -0.545 e. The molecule has 0 amide bonds. The third kappa shape index (κ3) is 84.8. The fourth-order valence-corrected chi connectivity index (χ4v) is 14.2. The maximum absolute atomic E-state index is 13.0. The number of unbranched alkanes of at least 4 members (excludes halogenated alkanes) is 66. The van der Waals surface area contributed by atoms with Gasteiger partial charge in [0.1, 0.15) is 13.2 Å². The normalized spacial score (nSPS) is 12.7. The molecule has 102 heavy (non-hydrogen) atoms. The molecule has 0 aromatic rings. The van der Waals surface area contributed by atoms with Gasteiger partial charge in [0.25, 0.3) is 0 Å². The molecule has 0 saturated heterocycles. The lowest BCUT2D eigenvalue weighted by Crippen LogP contribution is -2.44. The van der Waals surface area contributed by atoms with Crippen LogP contribution in [0.5, 0.6) is 0 Å². The smallest absolute Gasteiger partial charge is 0.306 e. The quantitative estimate of drug-likeness (QED) is 0.0195. The number of carboxylic acid groups (broad SMARTS) is 1. The van der Waals surface area contributed by atoms with Crippen LogP contribution in [0.25, 0.3) is 0 Å². The number of likely N-dealkylation sites (N-methyl/N-ethyl adjacent to an activating group) is 1. The molecule has 602 valence electrons. The molecular weight excluding hydrogens is 1260 g/mol. The van der Waals surface area contributed by atoms with Crippen LogP contribution in [0.4, 0.5) is 0 Å². The predicted octanol–water partition coefficient (Wildman–Crippen LogP) is 28.4. The first kappa shape index (κ1) is 99.5. The molecule has 0 rings (SSSR count). The van der Waals surface area contributed by atoms with Crippen molar-refractivity contribution in [1.29, 1.82) is 0 Å². The second-order valence-electron chi connectivity index (χ2n) is 32.6. The summed E-state index contributed by atoms with van der Waals surface area (Å²) in [5, 5.41) is 11.9. The van der Waals surface area contributed by atoms with E-state index in [0.717, 1.165) is 51.4 Å². The van der Waals surface area contributed by atoms with Crippen molar-refractivity contribution in [3.05, 3.63) is 36.5 Å². The molecule has 0 aliphatic carbocycles. The van der Waals surface area contributed by atoms with Crippen LogP contribution in [0.1, 0.15) is 483 Å². The van der Waals surface area contributed by atoms with E-state index in [2.05, 4.69) is 50.3 Å². The zero-order valence-corrected chi connectivity index (χ0v) is 69.3. The number of esters is 2. The number of allylic oxidation sites excluding steroid dienone is 6. The molecule has 0 radical (unpaired) electrons. The number of carbonyl (C=O) groups excluding carboxylic acids is 3. The Hall–Kier alpha value is -2.49. The molecule has 2 unspecified atom stereocenters. The van der Waals surface area contributed by atoms with Crippen molar-refractivity contribution in [3.63, 3.8) is 0 Å². The van der Waals surface area contributed by atoms with Crippen molar-refractivity contribution in [2.75, 3.05) is 47.5 Å². The van der Waals surface area contributed by atoms with Crippen molar-refractivity contribution < 1.29 is 42.9 Å². The van der Waals surface area contributed by atoms with E-state index in [9.17, 15) is 19.5 Å². The van der Waals surface area contributed by atoms with Crippen LogP contribution in [0, 0.1) is 0 Å². The molecule has 0 aliphatic heterocycles. The van der Waals surface area contributed by atoms with E-state index < -0.39 is 24.3 Å². The van der Waals surface area contributed by atoms with Crippen molar-refractivity contribution in [3.8, 4) is 0 Å². The summed E-state index contributed by atoms with van der Waals surface area (Å²) in [6.07, 6.45) is 108. The van der Waals surface area contributed by atoms with E-state index in [1.165, 1.54) is 405 Å². The molecule has 0 saturated carbocycles. The molecule has 0 N–H and O–H groups in total. The number of rotatable bonds is 87. The monoisotopic (exact) mass is 1440 g/mol. The Kier molecular flexibility index (Phi) is 82.1. The maximum atomic E-state index is 13.0. The van der Waals surface area contributed by atoms with Gasteiger partial charge in [-0.05, 0) is 51.4 Å². The average molecular weight is 1440 g/mol. The van der Waals surface area contributed by atoms with Crippen LogP contribution in [0.3, 0.4) is 0 Å². The first-order valence-corrected chi connectivity index (χ1v) is 45.6. The Morgan fingerprint density at radius 1 is 0.294 bits per heavy atom. The SMILES string of the molecule is CCCCCCC/C=C\C/C=C\C/C=C\CCCCCCCCCCCCCCCCCCCCCCCCCCC(=O)OC(COC(=O)CCCCCCCCCCCCCCCCCCCCCCCCCCCCCCCCCCCCCCCC)COC(OCC[N+](C)(C)C)C(=O)[O-]. The molecule has 9 nitrogen and oxygen atoms in total. The minimum absolute atomic E-state index is 0.152. The van der Waals surface area contributed by atoms with Crippen molar-refractivity contribution >= 4 is 17.9 Å². The number of hydrogen-bond acceptors (Lipinski definition) is 8. The lowest BCUT2D eigenvalue weighted by molar-refractivity contribution is -0.870. The van der Waals surface area contributed by atoms with E-state index in [-0.39, 0.29) is 32.2 Å². The molecule has 9 heteroatoms. The molecule has 2 atom stereocenters. The van der Waals surface area contributed by atoms with Crippen LogP contribution in [-0.2, 0) is 33.3 Å². The van der Waals surface area contributed by atoms with Crippen LogP contribution in [0.2, 0.25) is 0 Å². The fraction of sp³-hybridized carbons (Fsp3) is 0.903. The topological polar surface area (TPSA) is 111 Å². The summed E-state index contributed by atoms with van der Waals surface area (Å²) in [5.41, 5.74) is 0. The van der Waals surface area contributed by atoms with Gasteiger partial charge in [-0.25, -0.2) is 0 Å². The maximum Gasteiger partial charge on any atom is 0.306 e. The summed E-state index contributed by atoms with van der Waals surface area (Å²) in [7, 11) is 5.96. The highest BCUT2D eigenvalue weighted by Gasteiger charge is 2.22. The van der Waals surface area contributed by atoms with Crippen molar-refractivity contribution in [1.82, 2.24) is 0 Å². The number of nitrogens with zero attached hydrogens (tertiary/aromatic N) is 1. The Labute approximate surface area is 636 Å². The van der Waals surface area contributed by atoms with Gasteiger partial charge in [0.15, 0.2) is 12.4 Å². The summed E-state index contributed by atoms with van der Waals surface area (Å²) < 4.78 is 22.9. The summed E-state index contributed by atoms with van der Waals surface area (Å²) in [4.78, 5) is 37.7. The van der Waals surface area contributed by atoms with Gasteiger partial charge in [-0.1, -0.05) is 455 Å². The lowest BCUT2D eigenvalue weighted by atomic mass is 10.0. The van der Waals surface area contributed by atoms with Gasteiger partial charge in [0.05, 0.1) is 40.3 Å². The van der Waals surface area contributed by atoms with Gasteiger partial charge in [0, 0.05) is 12.8 Å². The zero-order valence-electron chi connectivity index (χ0n) is 69.3.